The molecule has 3 aromatic rings. The van der Waals surface area contributed by atoms with Crippen molar-refractivity contribution in [1.29, 1.82) is 0 Å². The number of anilines is 1. The van der Waals surface area contributed by atoms with Crippen LogP contribution in [0.1, 0.15) is 33.0 Å². The molecule has 8 nitrogen and oxygen atoms in total. The topological polar surface area (TPSA) is 105 Å². The molecule has 0 radical (unpaired) electrons. The van der Waals surface area contributed by atoms with E-state index in [1.54, 1.807) is 0 Å². The number of nitrogens with one attached hydrogen (secondary N) is 1. The fourth-order valence-corrected chi connectivity index (χ4v) is 3.31. The summed E-state index contributed by atoms with van der Waals surface area (Å²) in [6.45, 7) is 6.31. The van der Waals surface area contributed by atoms with E-state index in [4.69, 9.17) is 11.6 Å². The van der Waals surface area contributed by atoms with Crippen LogP contribution in [0.5, 0.6) is 0 Å². The summed E-state index contributed by atoms with van der Waals surface area (Å²) in [4.78, 5) is 23.8. The Labute approximate surface area is 207 Å². The molecule has 2 aromatic heterocycles. The van der Waals surface area contributed by atoms with E-state index in [0.717, 1.165) is 10.7 Å². The van der Waals surface area contributed by atoms with Crippen molar-refractivity contribution in [3.05, 3.63) is 75.6 Å². The van der Waals surface area contributed by atoms with Gasteiger partial charge in [0.1, 0.15) is 12.5 Å². The monoisotopic (exact) mass is 522 g/mol. The molecule has 0 aliphatic rings. The number of carbonyl (C=O) groups is 1. The number of allylic oxidation sites excluding steroid dienone is 1. The first kappa shape index (κ1) is 26.5. The van der Waals surface area contributed by atoms with Gasteiger partial charge in [0.2, 0.25) is 0 Å². The molecule has 36 heavy (non-hydrogen) atoms. The lowest BCUT2D eigenvalue weighted by molar-refractivity contribution is -0.141. The maximum absolute atomic E-state index is 13.4. The second-order valence-electron chi connectivity index (χ2n) is 7.41. The summed E-state index contributed by atoms with van der Waals surface area (Å²) in [5.41, 5.74) is -0.131. The highest BCUT2D eigenvalue weighted by Gasteiger charge is 2.35. The highest BCUT2D eigenvalue weighted by atomic mass is 35.5. The molecule has 0 aliphatic heterocycles. The maximum atomic E-state index is 13.4. The fraction of sp³-hybridized carbons (Fsp3) is 0.174. The van der Waals surface area contributed by atoms with Crippen molar-refractivity contribution in [2.45, 2.75) is 20.0 Å². The molecule has 0 saturated carbocycles. The smallest absolute Gasteiger partial charge is 0.435 e. The van der Waals surface area contributed by atoms with E-state index in [1.807, 2.05) is 0 Å². The van der Waals surface area contributed by atoms with Gasteiger partial charge in [-0.05, 0) is 50.9 Å². The first-order valence-electron chi connectivity index (χ1n) is 10.2. The predicted molar refractivity (Wildman–Crippen MR) is 129 cm³/mol. The van der Waals surface area contributed by atoms with E-state index in [9.17, 15) is 27.5 Å². The predicted octanol–water partition coefficient (Wildman–Crippen LogP) is 5.57. The standard InChI is InChI=1S/C23H19ClF4N6O2/c1-12-6-20(23(26,27)28)33-34(12)21(29-3)17(14-7-16(22(35)36)13(2)31-9-14)10-30-11-32-15-4-5-19(25)18(24)8-15/h4-10,32H,3,11H2,1-2H3,(H,35,36)/b21-17-,30-10-. The summed E-state index contributed by atoms with van der Waals surface area (Å²) in [5, 5.41) is 15.9. The Balaban J connectivity index is 2.09. The Morgan fingerprint density at radius 1 is 1.28 bits per heavy atom. The molecule has 0 bridgehead atoms. The van der Waals surface area contributed by atoms with Crippen molar-refractivity contribution in [3.63, 3.8) is 0 Å². The minimum absolute atomic E-state index is 0.0488. The molecule has 0 atom stereocenters. The lowest BCUT2D eigenvalue weighted by Gasteiger charge is -2.12. The highest BCUT2D eigenvalue weighted by Crippen LogP contribution is 2.31. The Morgan fingerprint density at radius 3 is 2.58 bits per heavy atom. The van der Waals surface area contributed by atoms with Gasteiger partial charge < -0.3 is 10.4 Å². The number of rotatable bonds is 8. The number of hydrogen-bond acceptors (Lipinski definition) is 6. The quantitative estimate of drug-likeness (QED) is 0.297. The van der Waals surface area contributed by atoms with Gasteiger partial charge in [-0.25, -0.2) is 18.9 Å². The number of aliphatic imine (C=N–C) groups is 2. The number of aromatic nitrogens is 3. The SMILES string of the molecule is C=N/C(=C(\C=N/CNc1ccc(F)c(Cl)c1)c1cnc(C)c(C(=O)O)c1)n1nc(C(F)(F)F)cc1C. The van der Waals surface area contributed by atoms with E-state index in [0.29, 0.717) is 5.69 Å². The van der Waals surface area contributed by atoms with Crippen LogP contribution in [0.3, 0.4) is 0 Å². The number of halogens is 5. The number of benzene rings is 1. The summed E-state index contributed by atoms with van der Waals surface area (Å²) in [5.74, 6) is -1.96. The van der Waals surface area contributed by atoms with Gasteiger partial charge in [0.15, 0.2) is 11.5 Å². The van der Waals surface area contributed by atoms with Crippen LogP contribution in [-0.4, -0.2) is 45.4 Å². The first-order valence-corrected chi connectivity index (χ1v) is 10.5. The van der Waals surface area contributed by atoms with Crippen molar-refractivity contribution in [2.24, 2.45) is 9.98 Å². The average molecular weight is 523 g/mol. The zero-order valence-electron chi connectivity index (χ0n) is 18.9. The number of nitrogens with zero attached hydrogens (tertiary/aromatic N) is 5. The van der Waals surface area contributed by atoms with Crippen molar-refractivity contribution in [2.75, 3.05) is 12.0 Å². The number of alkyl halides is 3. The van der Waals surface area contributed by atoms with Gasteiger partial charge in [-0.1, -0.05) is 11.6 Å². The van der Waals surface area contributed by atoms with E-state index >= 15 is 0 Å². The molecular formula is C23H19ClF4N6O2. The summed E-state index contributed by atoms with van der Waals surface area (Å²) >= 11 is 5.76. The molecule has 2 N–H and O–H groups in total. The summed E-state index contributed by atoms with van der Waals surface area (Å²) in [7, 11) is 0. The van der Waals surface area contributed by atoms with Crippen LogP contribution in [0, 0.1) is 19.7 Å². The number of carboxylic acid groups (broad SMARTS) is 1. The zero-order valence-corrected chi connectivity index (χ0v) is 19.7. The van der Waals surface area contributed by atoms with E-state index in [-0.39, 0.29) is 45.6 Å². The lowest BCUT2D eigenvalue weighted by atomic mass is 10.0. The number of pyridine rings is 1. The molecule has 188 valence electrons. The molecule has 0 spiro atoms. The molecule has 0 amide bonds. The second kappa shape index (κ2) is 10.7. The molecule has 0 saturated heterocycles. The first-order chi connectivity index (χ1) is 16.9. The van der Waals surface area contributed by atoms with Gasteiger partial charge in [-0.2, -0.15) is 18.3 Å². The molecular weight excluding hydrogens is 504 g/mol. The third kappa shape index (κ3) is 5.95. The van der Waals surface area contributed by atoms with Crippen molar-refractivity contribution >= 4 is 47.6 Å². The van der Waals surface area contributed by atoms with Crippen molar-refractivity contribution < 1.29 is 27.5 Å². The molecule has 3 rings (SSSR count). The van der Waals surface area contributed by atoms with Crippen LogP contribution < -0.4 is 5.32 Å². The normalized spacial score (nSPS) is 12.5. The third-order valence-electron chi connectivity index (χ3n) is 4.91. The third-order valence-corrected chi connectivity index (χ3v) is 5.20. The molecule has 1 aromatic carbocycles. The second-order valence-corrected chi connectivity index (χ2v) is 7.82. The fourth-order valence-electron chi connectivity index (χ4n) is 3.13. The van der Waals surface area contributed by atoms with Gasteiger partial charge in [0, 0.05) is 34.9 Å². The number of aromatic carboxylic acids is 1. The number of carboxylic acids is 1. The lowest BCUT2D eigenvalue weighted by Crippen LogP contribution is -2.10. The van der Waals surface area contributed by atoms with Crippen LogP contribution in [0.2, 0.25) is 5.02 Å². The van der Waals surface area contributed by atoms with Gasteiger partial charge in [-0.15, -0.1) is 0 Å². The van der Waals surface area contributed by atoms with Crippen LogP contribution in [0.15, 0.2) is 46.5 Å². The molecule has 0 fully saturated rings. The van der Waals surface area contributed by atoms with Crippen LogP contribution in [0.4, 0.5) is 23.2 Å². The minimum Gasteiger partial charge on any atom is -0.478 e. The highest BCUT2D eigenvalue weighted by molar-refractivity contribution is 6.31. The van der Waals surface area contributed by atoms with Crippen LogP contribution in [-0.2, 0) is 6.18 Å². The summed E-state index contributed by atoms with van der Waals surface area (Å²) < 4.78 is 54.0. The summed E-state index contributed by atoms with van der Waals surface area (Å²) in [6.07, 6.45) is -2.09. The van der Waals surface area contributed by atoms with Crippen LogP contribution >= 0.6 is 11.6 Å². The molecule has 0 aliphatic carbocycles. The zero-order chi connectivity index (χ0) is 26.6. The van der Waals surface area contributed by atoms with Gasteiger partial charge >= 0.3 is 12.1 Å². The minimum atomic E-state index is -4.70. The Kier molecular flexibility index (Phi) is 7.88. The van der Waals surface area contributed by atoms with Crippen LogP contribution in [0.25, 0.3) is 11.4 Å². The Hall–Kier alpha value is -4.06. The van der Waals surface area contributed by atoms with E-state index in [1.165, 1.54) is 50.5 Å². The van der Waals surface area contributed by atoms with Gasteiger partial charge in [0.05, 0.1) is 16.3 Å². The van der Waals surface area contributed by atoms with E-state index in [2.05, 4.69) is 32.1 Å². The van der Waals surface area contributed by atoms with Gasteiger partial charge in [-0.3, -0.25) is 9.98 Å². The molecule has 0 unspecified atom stereocenters. The van der Waals surface area contributed by atoms with Crippen molar-refractivity contribution in [1.82, 2.24) is 14.8 Å². The van der Waals surface area contributed by atoms with Gasteiger partial charge in [0.25, 0.3) is 0 Å². The van der Waals surface area contributed by atoms with Crippen molar-refractivity contribution in [3.8, 4) is 0 Å². The number of aryl methyl sites for hydroxylation is 2. The Bertz CT molecular complexity index is 1380. The average Bonchev–Trinajstić information content (AvgIpc) is 3.20. The maximum Gasteiger partial charge on any atom is 0.435 e. The largest absolute Gasteiger partial charge is 0.478 e. The van der Waals surface area contributed by atoms with E-state index < -0.39 is 23.7 Å². The Morgan fingerprint density at radius 2 is 2.00 bits per heavy atom. The molecule has 2 heterocycles. The molecule has 13 heteroatoms. The number of hydrogen-bond donors (Lipinski definition) is 2. The summed E-state index contributed by atoms with van der Waals surface area (Å²) in [6, 6.07) is 6.11.